The van der Waals surface area contributed by atoms with Gasteiger partial charge < -0.3 is 14.7 Å². The molecule has 1 N–H and O–H groups in total. The van der Waals surface area contributed by atoms with Crippen molar-refractivity contribution in [1.82, 2.24) is 9.97 Å². The van der Waals surface area contributed by atoms with Gasteiger partial charge in [0.05, 0.1) is 7.11 Å². The van der Waals surface area contributed by atoms with Crippen molar-refractivity contribution in [2.45, 2.75) is 12.8 Å². The van der Waals surface area contributed by atoms with Crippen molar-refractivity contribution in [3.05, 3.63) is 18.1 Å². The number of methoxy groups -OCH3 is 1. The number of aliphatic hydroxyl groups excluding tert-OH is 1. The van der Waals surface area contributed by atoms with Crippen LogP contribution >= 0.6 is 0 Å². The summed E-state index contributed by atoms with van der Waals surface area (Å²) in [6.07, 6.45) is 3.44. The molecule has 0 spiro atoms. The first-order valence-corrected chi connectivity index (χ1v) is 6.01. The van der Waals surface area contributed by atoms with Gasteiger partial charge in [-0.2, -0.15) is 0 Å². The minimum atomic E-state index is -0.526. The van der Waals surface area contributed by atoms with E-state index in [2.05, 4.69) is 19.6 Å². The van der Waals surface area contributed by atoms with Gasteiger partial charge >= 0.3 is 5.97 Å². The lowest BCUT2D eigenvalue weighted by molar-refractivity contribution is 0.0586. The lowest BCUT2D eigenvalue weighted by Gasteiger charge is -2.31. The normalized spacial score (nSPS) is 16.7. The van der Waals surface area contributed by atoms with Gasteiger partial charge in [-0.05, 0) is 24.8 Å². The second kappa shape index (κ2) is 5.77. The fourth-order valence-corrected chi connectivity index (χ4v) is 2.06. The summed E-state index contributed by atoms with van der Waals surface area (Å²) >= 11 is 0. The lowest BCUT2D eigenvalue weighted by Crippen LogP contribution is -2.35. The molecule has 1 aromatic heterocycles. The third-order valence-corrected chi connectivity index (χ3v) is 3.21. The summed E-state index contributed by atoms with van der Waals surface area (Å²) in [7, 11) is 1.31. The molecule has 0 bridgehead atoms. The van der Waals surface area contributed by atoms with Crippen molar-refractivity contribution in [3.63, 3.8) is 0 Å². The average Bonchev–Trinajstić information content (AvgIpc) is 2.46. The Labute approximate surface area is 106 Å². The maximum atomic E-state index is 11.3. The second-order valence-corrected chi connectivity index (χ2v) is 4.34. The van der Waals surface area contributed by atoms with Crippen LogP contribution in [0.15, 0.2) is 12.3 Å². The summed E-state index contributed by atoms with van der Waals surface area (Å²) in [6.45, 7) is 1.91. The largest absolute Gasteiger partial charge is 0.463 e. The zero-order chi connectivity index (χ0) is 13.0. The van der Waals surface area contributed by atoms with Gasteiger partial charge in [-0.3, -0.25) is 0 Å². The van der Waals surface area contributed by atoms with Gasteiger partial charge in [0.15, 0.2) is 0 Å². The zero-order valence-electron chi connectivity index (χ0n) is 10.4. The van der Waals surface area contributed by atoms with E-state index in [1.165, 1.54) is 7.11 Å². The van der Waals surface area contributed by atoms with E-state index in [9.17, 15) is 4.79 Å². The fraction of sp³-hybridized carbons (Fsp3) is 0.583. The molecule has 0 saturated carbocycles. The molecule has 6 heteroatoms. The summed E-state index contributed by atoms with van der Waals surface area (Å²) < 4.78 is 4.60. The van der Waals surface area contributed by atoms with Crippen molar-refractivity contribution < 1.29 is 14.6 Å². The number of carbonyl (C=O) groups excluding carboxylic acids is 1. The number of esters is 1. The molecule has 1 fully saturated rings. The van der Waals surface area contributed by atoms with Crippen molar-refractivity contribution in [2.75, 3.05) is 31.7 Å². The van der Waals surface area contributed by atoms with E-state index in [4.69, 9.17) is 5.11 Å². The van der Waals surface area contributed by atoms with Gasteiger partial charge in [0.2, 0.25) is 5.82 Å². The standard InChI is InChI=1S/C12H17N3O3/c1-18-12(17)11-13-5-2-10(14-11)15-6-3-9(8-16)4-7-15/h2,5,9,16H,3-4,6-8H2,1H3. The molecule has 1 aliphatic heterocycles. The monoisotopic (exact) mass is 251 g/mol. The maximum Gasteiger partial charge on any atom is 0.376 e. The first-order chi connectivity index (χ1) is 8.74. The number of carbonyl (C=O) groups is 1. The van der Waals surface area contributed by atoms with Crippen molar-refractivity contribution in [3.8, 4) is 0 Å². The van der Waals surface area contributed by atoms with E-state index >= 15 is 0 Å². The van der Waals surface area contributed by atoms with Crippen LogP contribution in [0.3, 0.4) is 0 Å². The minimum absolute atomic E-state index is 0.0827. The fourth-order valence-electron chi connectivity index (χ4n) is 2.06. The number of ether oxygens (including phenoxy) is 1. The molecule has 1 saturated heterocycles. The maximum absolute atomic E-state index is 11.3. The van der Waals surface area contributed by atoms with E-state index < -0.39 is 5.97 Å². The Hall–Kier alpha value is -1.69. The molecule has 18 heavy (non-hydrogen) atoms. The molecule has 0 aliphatic carbocycles. The van der Waals surface area contributed by atoms with Crippen LogP contribution in [0.5, 0.6) is 0 Å². The predicted octanol–water partition coefficient (Wildman–Crippen LogP) is 0.472. The number of aromatic nitrogens is 2. The van der Waals surface area contributed by atoms with Gasteiger partial charge in [0.1, 0.15) is 5.82 Å². The molecule has 98 valence electrons. The summed E-state index contributed by atoms with van der Waals surface area (Å²) in [5.41, 5.74) is 0. The van der Waals surface area contributed by atoms with Gasteiger partial charge in [-0.1, -0.05) is 0 Å². The first kappa shape index (κ1) is 12.8. The molecular formula is C12H17N3O3. The van der Waals surface area contributed by atoms with Crippen LogP contribution in [0.1, 0.15) is 23.5 Å². The summed E-state index contributed by atoms with van der Waals surface area (Å²) in [4.78, 5) is 21.5. The van der Waals surface area contributed by atoms with Crippen molar-refractivity contribution in [1.29, 1.82) is 0 Å². The smallest absolute Gasteiger partial charge is 0.376 e. The number of hydrogen-bond acceptors (Lipinski definition) is 6. The van der Waals surface area contributed by atoms with Crippen LogP contribution < -0.4 is 4.90 Å². The average molecular weight is 251 g/mol. The third-order valence-electron chi connectivity index (χ3n) is 3.21. The van der Waals surface area contributed by atoms with Crippen LogP contribution in [0.25, 0.3) is 0 Å². The highest BCUT2D eigenvalue weighted by atomic mass is 16.5. The SMILES string of the molecule is COC(=O)c1nccc(N2CCC(CO)CC2)n1. The predicted molar refractivity (Wildman–Crippen MR) is 65.4 cm³/mol. The van der Waals surface area contributed by atoms with E-state index in [1.54, 1.807) is 12.3 Å². The van der Waals surface area contributed by atoms with Crippen LogP contribution in [0.2, 0.25) is 0 Å². The number of anilines is 1. The molecule has 1 aliphatic rings. The van der Waals surface area contributed by atoms with Gasteiger partial charge in [0.25, 0.3) is 0 Å². The van der Waals surface area contributed by atoms with Crippen LogP contribution in [-0.4, -0.2) is 47.8 Å². The first-order valence-electron chi connectivity index (χ1n) is 6.01. The summed E-state index contributed by atoms with van der Waals surface area (Å²) in [6, 6.07) is 1.78. The zero-order valence-corrected chi connectivity index (χ0v) is 10.4. The van der Waals surface area contributed by atoms with Gasteiger partial charge in [-0.25, -0.2) is 14.8 Å². The Morgan fingerprint density at radius 3 is 2.89 bits per heavy atom. The molecule has 6 nitrogen and oxygen atoms in total. The molecule has 0 atom stereocenters. The Bertz CT molecular complexity index is 417. The Kier molecular flexibility index (Phi) is 4.09. The quantitative estimate of drug-likeness (QED) is 0.787. The highest BCUT2D eigenvalue weighted by molar-refractivity contribution is 5.85. The minimum Gasteiger partial charge on any atom is -0.463 e. The molecular weight excluding hydrogens is 234 g/mol. The Morgan fingerprint density at radius 1 is 1.56 bits per heavy atom. The highest BCUT2D eigenvalue weighted by Gasteiger charge is 2.20. The van der Waals surface area contributed by atoms with E-state index in [-0.39, 0.29) is 12.4 Å². The Morgan fingerprint density at radius 2 is 2.28 bits per heavy atom. The van der Waals surface area contributed by atoms with Gasteiger partial charge in [-0.15, -0.1) is 0 Å². The molecule has 0 unspecified atom stereocenters. The molecule has 2 rings (SSSR count). The lowest BCUT2D eigenvalue weighted by atomic mass is 9.98. The summed E-state index contributed by atoms with van der Waals surface area (Å²) in [5, 5.41) is 9.09. The molecule has 0 aromatic carbocycles. The topological polar surface area (TPSA) is 75.5 Å². The third kappa shape index (κ3) is 2.76. The van der Waals surface area contributed by atoms with E-state index in [1.807, 2.05) is 0 Å². The molecule has 0 radical (unpaired) electrons. The number of aliphatic hydroxyl groups is 1. The second-order valence-electron chi connectivity index (χ2n) is 4.34. The van der Waals surface area contributed by atoms with Gasteiger partial charge in [0, 0.05) is 25.9 Å². The van der Waals surface area contributed by atoms with E-state index in [0.717, 1.165) is 31.7 Å². The van der Waals surface area contributed by atoms with Crippen molar-refractivity contribution >= 4 is 11.8 Å². The number of hydrogen-bond donors (Lipinski definition) is 1. The molecule has 0 amide bonds. The summed E-state index contributed by atoms with van der Waals surface area (Å²) in [5.74, 6) is 0.673. The van der Waals surface area contributed by atoms with Crippen LogP contribution in [0, 0.1) is 5.92 Å². The molecule has 2 heterocycles. The number of rotatable bonds is 3. The Balaban J connectivity index is 2.07. The van der Waals surface area contributed by atoms with Crippen molar-refractivity contribution in [2.24, 2.45) is 5.92 Å². The number of nitrogens with zero attached hydrogens (tertiary/aromatic N) is 3. The van der Waals surface area contributed by atoms with Crippen LogP contribution in [0.4, 0.5) is 5.82 Å². The molecule has 1 aromatic rings. The number of piperidine rings is 1. The van der Waals surface area contributed by atoms with Crippen LogP contribution in [-0.2, 0) is 4.74 Å². The highest BCUT2D eigenvalue weighted by Crippen LogP contribution is 2.21. The van der Waals surface area contributed by atoms with E-state index in [0.29, 0.717) is 5.92 Å².